The van der Waals surface area contributed by atoms with Crippen molar-refractivity contribution in [2.24, 2.45) is 5.92 Å². The molecule has 0 bridgehead atoms. The van der Waals surface area contributed by atoms with Crippen molar-refractivity contribution in [1.82, 2.24) is 0 Å². The van der Waals surface area contributed by atoms with Crippen molar-refractivity contribution in [3.8, 4) is 5.75 Å². The number of rotatable bonds is 6. The molecule has 0 aliphatic carbocycles. The molecular formula is C12H17O5P. The molecule has 0 saturated carbocycles. The molecule has 1 aromatic rings. The fourth-order valence-electron chi connectivity index (χ4n) is 1.35. The first-order valence-electron chi connectivity index (χ1n) is 5.51. The average molecular weight is 272 g/mol. The lowest BCUT2D eigenvalue weighted by Crippen LogP contribution is -2.09. The molecule has 1 N–H and O–H groups in total. The third-order valence-electron chi connectivity index (χ3n) is 2.61. The molecule has 5 nitrogen and oxygen atoms in total. The topological polar surface area (TPSA) is 72.8 Å². The number of carbonyl (C=O) groups excluding carboxylic acids is 1. The van der Waals surface area contributed by atoms with Gasteiger partial charge in [0.05, 0.1) is 0 Å². The van der Waals surface area contributed by atoms with Gasteiger partial charge < -0.3 is 4.52 Å². The lowest BCUT2D eigenvalue weighted by atomic mass is 9.98. The van der Waals surface area contributed by atoms with Crippen molar-refractivity contribution in [3.05, 3.63) is 29.8 Å². The van der Waals surface area contributed by atoms with Gasteiger partial charge in [-0.3, -0.25) is 14.2 Å². The fraction of sp³-hybridized carbons (Fsp3) is 0.417. The molecule has 1 aromatic carbocycles. The number of hydrogen-bond acceptors (Lipinski definition) is 4. The van der Waals surface area contributed by atoms with E-state index in [1.54, 1.807) is 31.2 Å². The van der Waals surface area contributed by atoms with Crippen LogP contribution in [0.1, 0.15) is 19.4 Å². The van der Waals surface area contributed by atoms with E-state index in [9.17, 15) is 9.36 Å². The molecule has 0 radical (unpaired) electrons. The second-order valence-electron chi connectivity index (χ2n) is 4.10. The second kappa shape index (κ2) is 6.14. The first-order chi connectivity index (χ1) is 8.34. The highest BCUT2D eigenvalue weighted by molar-refractivity contribution is 7.47. The van der Waals surface area contributed by atoms with E-state index in [0.717, 1.165) is 12.7 Å². The van der Waals surface area contributed by atoms with Gasteiger partial charge in [-0.15, -0.1) is 0 Å². The molecule has 0 spiro atoms. The molecule has 2 unspecified atom stereocenters. The first kappa shape index (κ1) is 14.9. The normalized spacial score (nSPS) is 15.8. The summed E-state index contributed by atoms with van der Waals surface area (Å²) in [6.07, 6.45) is 0.636. The van der Waals surface area contributed by atoms with Crippen molar-refractivity contribution in [3.63, 3.8) is 0 Å². The molecule has 0 aliphatic rings. The van der Waals surface area contributed by atoms with Gasteiger partial charge >= 0.3 is 7.82 Å². The minimum atomic E-state index is -4.01. The molecule has 1 rings (SSSR count). The van der Waals surface area contributed by atoms with E-state index in [-0.39, 0.29) is 17.5 Å². The SMILES string of the molecule is COP(=O)(O)Oc1ccc(CC(C)C(C)=O)cc1. The molecule has 0 aromatic heterocycles. The van der Waals surface area contributed by atoms with Gasteiger partial charge in [0.1, 0.15) is 11.5 Å². The van der Waals surface area contributed by atoms with Gasteiger partial charge in [0.25, 0.3) is 0 Å². The summed E-state index contributed by atoms with van der Waals surface area (Å²) < 4.78 is 20.3. The summed E-state index contributed by atoms with van der Waals surface area (Å²) in [5.41, 5.74) is 0.968. The van der Waals surface area contributed by atoms with Crippen LogP contribution in [-0.4, -0.2) is 17.8 Å². The number of ketones is 1. The van der Waals surface area contributed by atoms with Gasteiger partial charge in [0, 0.05) is 13.0 Å². The number of phosphoric acid groups is 1. The molecule has 0 fully saturated rings. The summed E-state index contributed by atoms with van der Waals surface area (Å²) >= 11 is 0. The molecule has 0 aliphatic heterocycles. The summed E-state index contributed by atoms with van der Waals surface area (Å²) in [5.74, 6) is 0.344. The van der Waals surface area contributed by atoms with Crippen LogP contribution in [0.5, 0.6) is 5.75 Å². The Hall–Kier alpha value is -1.16. The van der Waals surface area contributed by atoms with Crippen LogP contribution in [0, 0.1) is 5.92 Å². The van der Waals surface area contributed by atoms with E-state index in [1.807, 2.05) is 6.92 Å². The number of phosphoric ester groups is 1. The lowest BCUT2D eigenvalue weighted by Gasteiger charge is -2.11. The number of carbonyl (C=O) groups is 1. The monoisotopic (exact) mass is 272 g/mol. The van der Waals surface area contributed by atoms with E-state index in [0.29, 0.717) is 6.42 Å². The highest BCUT2D eigenvalue weighted by Gasteiger charge is 2.20. The van der Waals surface area contributed by atoms with Gasteiger partial charge in [-0.25, -0.2) is 4.57 Å². The van der Waals surface area contributed by atoms with Crippen molar-refractivity contribution < 1.29 is 23.3 Å². The summed E-state index contributed by atoms with van der Waals surface area (Å²) in [7, 11) is -2.91. The van der Waals surface area contributed by atoms with E-state index < -0.39 is 7.82 Å². The zero-order chi connectivity index (χ0) is 13.8. The van der Waals surface area contributed by atoms with Crippen LogP contribution in [0.4, 0.5) is 0 Å². The first-order valence-corrected chi connectivity index (χ1v) is 7.01. The van der Waals surface area contributed by atoms with Gasteiger partial charge in [-0.05, 0) is 31.0 Å². The minimum absolute atomic E-state index is 0.0420. The third-order valence-corrected chi connectivity index (χ3v) is 3.51. The number of Topliss-reactive ketones (excluding diaryl/α,β-unsaturated/α-hetero) is 1. The third kappa shape index (κ3) is 4.61. The van der Waals surface area contributed by atoms with Crippen molar-refractivity contribution in [2.75, 3.05) is 7.11 Å². The quantitative estimate of drug-likeness (QED) is 0.806. The van der Waals surface area contributed by atoms with Crippen molar-refractivity contribution >= 4 is 13.6 Å². The standard InChI is InChI=1S/C12H17O5P/c1-9(10(2)13)8-11-4-6-12(7-5-11)17-18(14,15)16-3/h4-7,9H,8H2,1-3H3,(H,14,15). The van der Waals surface area contributed by atoms with Crippen LogP contribution in [0.2, 0.25) is 0 Å². The molecule has 2 atom stereocenters. The predicted molar refractivity (Wildman–Crippen MR) is 67.5 cm³/mol. The Morgan fingerprint density at radius 1 is 1.39 bits per heavy atom. The average Bonchev–Trinajstić information content (AvgIpc) is 2.31. The predicted octanol–water partition coefficient (Wildman–Crippen LogP) is 2.58. The van der Waals surface area contributed by atoms with Gasteiger partial charge in [0.2, 0.25) is 0 Å². The van der Waals surface area contributed by atoms with Crippen LogP contribution < -0.4 is 4.52 Å². The van der Waals surface area contributed by atoms with Gasteiger partial charge in [-0.2, -0.15) is 0 Å². The molecule has 0 heterocycles. The van der Waals surface area contributed by atoms with E-state index in [2.05, 4.69) is 4.52 Å². The van der Waals surface area contributed by atoms with Gasteiger partial charge in [0.15, 0.2) is 0 Å². The molecular weight excluding hydrogens is 255 g/mol. The van der Waals surface area contributed by atoms with Crippen LogP contribution >= 0.6 is 7.82 Å². The maximum atomic E-state index is 11.2. The summed E-state index contributed by atoms with van der Waals surface area (Å²) in [5, 5.41) is 0. The van der Waals surface area contributed by atoms with Crippen molar-refractivity contribution in [2.45, 2.75) is 20.3 Å². The number of hydrogen-bond donors (Lipinski definition) is 1. The largest absolute Gasteiger partial charge is 0.527 e. The Bertz CT molecular complexity index is 454. The Labute approximate surface area is 106 Å². The molecule has 0 amide bonds. The molecule has 0 saturated heterocycles. The molecule has 6 heteroatoms. The second-order valence-corrected chi connectivity index (χ2v) is 5.59. The maximum absolute atomic E-state index is 11.2. The minimum Gasteiger partial charge on any atom is -0.404 e. The highest BCUT2D eigenvalue weighted by atomic mass is 31.2. The summed E-state index contributed by atoms with van der Waals surface area (Å²) in [6, 6.07) is 6.66. The van der Waals surface area contributed by atoms with E-state index in [4.69, 9.17) is 9.42 Å². The van der Waals surface area contributed by atoms with E-state index >= 15 is 0 Å². The Kier molecular flexibility index (Phi) is 5.08. The summed E-state index contributed by atoms with van der Waals surface area (Å²) in [4.78, 5) is 20.3. The van der Waals surface area contributed by atoms with Crippen LogP contribution in [-0.2, 0) is 20.3 Å². The fourth-order valence-corrected chi connectivity index (χ4v) is 1.82. The lowest BCUT2D eigenvalue weighted by molar-refractivity contribution is -0.120. The van der Waals surface area contributed by atoms with Crippen molar-refractivity contribution in [1.29, 1.82) is 0 Å². The van der Waals surface area contributed by atoms with Crippen LogP contribution in [0.3, 0.4) is 0 Å². The van der Waals surface area contributed by atoms with E-state index in [1.165, 1.54) is 0 Å². The Morgan fingerprint density at radius 2 is 1.94 bits per heavy atom. The highest BCUT2D eigenvalue weighted by Crippen LogP contribution is 2.42. The van der Waals surface area contributed by atoms with Crippen LogP contribution in [0.25, 0.3) is 0 Å². The van der Waals surface area contributed by atoms with Crippen LogP contribution in [0.15, 0.2) is 24.3 Å². The molecule has 18 heavy (non-hydrogen) atoms. The number of benzene rings is 1. The summed E-state index contributed by atoms with van der Waals surface area (Å²) in [6.45, 7) is 3.42. The molecule has 100 valence electrons. The Balaban J connectivity index is 2.69. The maximum Gasteiger partial charge on any atom is 0.527 e. The Morgan fingerprint density at radius 3 is 2.39 bits per heavy atom. The zero-order valence-electron chi connectivity index (χ0n) is 10.6. The van der Waals surface area contributed by atoms with Gasteiger partial charge in [-0.1, -0.05) is 19.1 Å². The smallest absolute Gasteiger partial charge is 0.404 e. The zero-order valence-corrected chi connectivity index (χ0v) is 11.5.